The average molecular weight is 234 g/mol. The molecule has 3 heteroatoms. The summed E-state index contributed by atoms with van der Waals surface area (Å²) in [5.74, 6) is 3.16. The van der Waals surface area contributed by atoms with E-state index in [2.05, 4.69) is 29.3 Å². The molecule has 1 aromatic heterocycles. The third-order valence-corrected chi connectivity index (χ3v) is 3.94. The molecule has 1 atom stereocenters. The molecule has 17 heavy (non-hydrogen) atoms. The van der Waals surface area contributed by atoms with E-state index in [4.69, 9.17) is 4.42 Å². The zero-order valence-electron chi connectivity index (χ0n) is 10.6. The Kier molecular flexibility index (Phi) is 3.21. The Labute approximate surface area is 103 Å². The van der Waals surface area contributed by atoms with Crippen molar-refractivity contribution in [3.05, 3.63) is 23.7 Å². The third-order valence-electron chi connectivity index (χ3n) is 3.94. The highest BCUT2D eigenvalue weighted by atomic mass is 16.3. The Hall–Kier alpha value is -0.800. The molecule has 94 valence electrons. The quantitative estimate of drug-likeness (QED) is 0.865. The molecular formula is C14H22N2O. The van der Waals surface area contributed by atoms with E-state index in [-0.39, 0.29) is 0 Å². The molecule has 0 spiro atoms. The molecule has 2 heterocycles. The van der Waals surface area contributed by atoms with Gasteiger partial charge in [-0.15, -0.1) is 0 Å². The van der Waals surface area contributed by atoms with Gasteiger partial charge in [-0.25, -0.2) is 0 Å². The number of hydrogen-bond donors (Lipinski definition) is 1. The second kappa shape index (κ2) is 4.83. The number of nitrogens with zero attached hydrogens (tertiary/aromatic N) is 1. The van der Waals surface area contributed by atoms with Crippen LogP contribution in [0.25, 0.3) is 0 Å². The monoisotopic (exact) mass is 234 g/mol. The molecule has 0 amide bonds. The smallest absolute Gasteiger partial charge is 0.121 e. The van der Waals surface area contributed by atoms with Gasteiger partial charge in [0.15, 0.2) is 0 Å². The lowest BCUT2D eigenvalue weighted by molar-refractivity contribution is 0.136. The van der Waals surface area contributed by atoms with Crippen LogP contribution in [0.5, 0.6) is 0 Å². The summed E-state index contributed by atoms with van der Waals surface area (Å²) in [5, 5.41) is 3.42. The predicted octanol–water partition coefficient (Wildman–Crippen LogP) is 2.20. The van der Waals surface area contributed by atoms with Crippen LogP contribution < -0.4 is 5.32 Å². The van der Waals surface area contributed by atoms with Gasteiger partial charge in [0, 0.05) is 32.6 Å². The molecular weight excluding hydrogens is 212 g/mol. The van der Waals surface area contributed by atoms with Crippen LogP contribution >= 0.6 is 0 Å². The Morgan fingerprint density at radius 1 is 1.35 bits per heavy atom. The zero-order valence-corrected chi connectivity index (χ0v) is 10.6. The molecule has 0 aromatic carbocycles. The maximum atomic E-state index is 5.99. The molecule has 1 aliphatic carbocycles. The van der Waals surface area contributed by atoms with Gasteiger partial charge < -0.3 is 9.73 Å². The van der Waals surface area contributed by atoms with Gasteiger partial charge in [-0.05, 0) is 30.9 Å². The van der Waals surface area contributed by atoms with Gasteiger partial charge in [0.2, 0.25) is 0 Å². The van der Waals surface area contributed by atoms with E-state index < -0.39 is 0 Å². The van der Waals surface area contributed by atoms with Crippen molar-refractivity contribution in [3.8, 4) is 0 Å². The maximum absolute atomic E-state index is 5.99. The highest BCUT2D eigenvalue weighted by Crippen LogP contribution is 2.45. The summed E-state index contributed by atoms with van der Waals surface area (Å²) in [7, 11) is 0. The number of rotatable bonds is 4. The van der Waals surface area contributed by atoms with Crippen LogP contribution in [0.2, 0.25) is 0 Å². The number of nitrogens with one attached hydrogen (secondary N) is 1. The van der Waals surface area contributed by atoms with Crippen LogP contribution in [0.4, 0.5) is 0 Å². The van der Waals surface area contributed by atoms with Crippen molar-refractivity contribution in [1.82, 2.24) is 10.2 Å². The molecule has 1 aliphatic heterocycles. The Bertz CT molecular complexity index is 364. The Balaban J connectivity index is 1.78. The fourth-order valence-corrected chi connectivity index (χ4v) is 2.83. The van der Waals surface area contributed by atoms with Crippen molar-refractivity contribution in [2.24, 2.45) is 5.92 Å². The van der Waals surface area contributed by atoms with E-state index in [1.165, 1.54) is 18.6 Å². The SMILES string of the molecule is CCc1ccc([C@@H](C2CC2)N2CCNCC2)o1. The summed E-state index contributed by atoms with van der Waals surface area (Å²) in [6, 6.07) is 4.88. The minimum Gasteiger partial charge on any atom is -0.464 e. The van der Waals surface area contributed by atoms with Crippen LogP contribution in [-0.4, -0.2) is 31.1 Å². The van der Waals surface area contributed by atoms with Gasteiger partial charge >= 0.3 is 0 Å². The van der Waals surface area contributed by atoms with Gasteiger partial charge in [-0.1, -0.05) is 6.92 Å². The van der Waals surface area contributed by atoms with E-state index in [0.29, 0.717) is 6.04 Å². The second-order valence-corrected chi connectivity index (χ2v) is 5.23. The summed E-state index contributed by atoms with van der Waals surface area (Å²) in [6.45, 7) is 6.70. The van der Waals surface area contributed by atoms with Crippen LogP contribution in [-0.2, 0) is 6.42 Å². The summed E-state index contributed by atoms with van der Waals surface area (Å²) >= 11 is 0. The number of furan rings is 1. The molecule has 1 saturated heterocycles. The van der Waals surface area contributed by atoms with Gasteiger partial charge in [0.1, 0.15) is 11.5 Å². The molecule has 0 bridgehead atoms. The van der Waals surface area contributed by atoms with Crippen LogP contribution in [0, 0.1) is 5.92 Å². The van der Waals surface area contributed by atoms with Gasteiger partial charge in [-0.2, -0.15) is 0 Å². The number of hydrogen-bond acceptors (Lipinski definition) is 3. The standard InChI is InChI=1S/C14H22N2O/c1-2-12-5-6-13(17-12)14(11-3-4-11)16-9-7-15-8-10-16/h5-6,11,14-15H,2-4,7-10H2,1H3/t14-/m1/s1. The first-order chi connectivity index (χ1) is 8.38. The molecule has 3 rings (SSSR count). The molecule has 2 aliphatic rings. The van der Waals surface area contributed by atoms with E-state index in [1.807, 2.05) is 0 Å². The fourth-order valence-electron chi connectivity index (χ4n) is 2.83. The molecule has 0 unspecified atom stereocenters. The van der Waals surface area contributed by atoms with E-state index in [1.54, 1.807) is 0 Å². The fraction of sp³-hybridized carbons (Fsp3) is 0.714. The normalized spacial score (nSPS) is 23.8. The minimum atomic E-state index is 0.539. The second-order valence-electron chi connectivity index (χ2n) is 5.23. The van der Waals surface area contributed by atoms with Gasteiger partial charge in [-0.3, -0.25) is 4.90 Å². The molecule has 3 nitrogen and oxygen atoms in total. The largest absolute Gasteiger partial charge is 0.464 e. The van der Waals surface area contributed by atoms with Crippen LogP contribution in [0.15, 0.2) is 16.5 Å². The molecule has 0 radical (unpaired) electrons. The Morgan fingerprint density at radius 3 is 2.71 bits per heavy atom. The van der Waals surface area contributed by atoms with Crippen molar-refractivity contribution < 1.29 is 4.42 Å². The van der Waals surface area contributed by atoms with E-state index in [0.717, 1.165) is 44.3 Å². The van der Waals surface area contributed by atoms with E-state index in [9.17, 15) is 0 Å². The summed E-state index contributed by atoms with van der Waals surface area (Å²) in [6.07, 6.45) is 3.74. The first-order valence-corrected chi connectivity index (χ1v) is 6.92. The van der Waals surface area contributed by atoms with Crippen molar-refractivity contribution in [2.75, 3.05) is 26.2 Å². The summed E-state index contributed by atoms with van der Waals surface area (Å²) in [4.78, 5) is 2.60. The Morgan fingerprint density at radius 2 is 2.12 bits per heavy atom. The van der Waals surface area contributed by atoms with E-state index >= 15 is 0 Å². The van der Waals surface area contributed by atoms with Crippen molar-refractivity contribution in [2.45, 2.75) is 32.2 Å². The highest BCUT2D eigenvalue weighted by molar-refractivity contribution is 5.14. The lowest BCUT2D eigenvalue weighted by Crippen LogP contribution is -2.45. The summed E-state index contributed by atoms with van der Waals surface area (Å²) < 4.78 is 5.99. The topological polar surface area (TPSA) is 28.4 Å². The number of piperazine rings is 1. The first-order valence-electron chi connectivity index (χ1n) is 6.92. The van der Waals surface area contributed by atoms with Crippen molar-refractivity contribution in [1.29, 1.82) is 0 Å². The average Bonchev–Trinajstić information content (AvgIpc) is 3.09. The van der Waals surface area contributed by atoms with Crippen LogP contribution in [0.1, 0.15) is 37.3 Å². The molecule has 1 N–H and O–H groups in total. The minimum absolute atomic E-state index is 0.539. The zero-order chi connectivity index (χ0) is 11.7. The molecule has 2 fully saturated rings. The third kappa shape index (κ3) is 2.40. The maximum Gasteiger partial charge on any atom is 0.121 e. The van der Waals surface area contributed by atoms with Crippen molar-refractivity contribution >= 4 is 0 Å². The summed E-state index contributed by atoms with van der Waals surface area (Å²) in [5.41, 5.74) is 0. The lowest BCUT2D eigenvalue weighted by Gasteiger charge is -2.34. The number of aryl methyl sites for hydroxylation is 1. The predicted molar refractivity (Wildman–Crippen MR) is 68.0 cm³/mol. The van der Waals surface area contributed by atoms with Gasteiger partial charge in [0.05, 0.1) is 6.04 Å². The lowest BCUT2D eigenvalue weighted by atomic mass is 10.1. The van der Waals surface area contributed by atoms with Crippen LogP contribution in [0.3, 0.4) is 0 Å². The van der Waals surface area contributed by atoms with Gasteiger partial charge in [0.25, 0.3) is 0 Å². The van der Waals surface area contributed by atoms with Crippen molar-refractivity contribution in [3.63, 3.8) is 0 Å². The molecule has 1 aromatic rings. The highest BCUT2D eigenvalue weighted by Gasteiger charge is 2.38. The molecule has 1 saturated carbocycles. The first kappa shape index (κ1) is 11.3.